The Labute approximate surface area is 402 Å². The second kappa shape index (κ2) is 17.1. The number of aliphatic hydroxyl groups excluding tert-OH is 2. The van der Waals surface area contributed by atoms with E-state index in [4.69, 9.17) is 0 Å². The SMILES string of the molecule is [Na+].[Na+].[Na+].[Na+].[O-]c1c2ccc3c4cc(N=C(O)c5ccccc5)c5c([O-])c6ccccc6c([O-])c5c4[nH]c3c2c([O-])c2cccc(N=C(O)c3ccccc3)c12. The van der Waals surface area contributed by atoms with Crippen LogP contribution in [0.2, 0.25) is 0 Å². The zero-order chi connectivity index (χ0) is 35.0. The van der Waals surface area contributed by atoms with Crippen molar-refractivity contribution in [1.29, 1.82) is 0 Å². The molecule has 0 unspecified atom stereocenters. The molecule has 0 saturated heterocycles. The molecule has 0 aliphatic carbocycles. The van der Waals surface area contributed by atoms with Crippen molar-refractivity contribution in [1.82, 2.24) is 4.98 Å². The monoisotopic (exact) mass is 757 g/mol. The first-order valence-electron chi connectivity index (χ1n) is 16.0. The summed E-state index contributed by atoms with van der Waals surface area (Å²) in [4.78, 5) is 12.0. The van der Waals surface area contributed by atoms with Crippen LogP contribution in [0.1, 0.15) is 11.1 Å². The molecule has 0 aliphatic heterocycles. The molecule has 1 heterocycles. The number of nitrogens with zero attached hydrogens (tertiary/aromatic N) is 2. The van der Waals surface area contributed by atoms with Gasteiger partial charge in [0, 0.05) is 32.7 Å². The molecule has 0 saturated carbocycles. The topological polar surface area (TPSA) is 173 Å². The standard InChI is InChI=1S/C42H27N3O6.4Na/c46-37-24-14-7-8-15-25(24)38(47)34-33(37)30(44-42(51)22-12-5-2-6-13-22)20-28-23-18-19-27-32(35(23)45-36(28)34)40(49)26-16-9-17-29(31(26)39(27)48)43-41(50)21-10-3-1-4-11-21;;;;/h1-20,45-49H,(H,43,50)(H,44,51);;;;/q;4*+1/p-4. The van der Waals surface area contributed by atoms with E-state index < -0.39 is 23.0 Å². The van der Waals surface area contributed by atoms with Gasteiger partial charge in [-0.2, -0.15) is 0 Å². The largest absolute Gasteiger partial charge is 1.00 e. The van der Waals surface area contributed by atoms with Crippen LogP contribution >= 0.6 is 0 Å². The van der Waals surface area contributed by atoms with Gasteiger partial charge in [0.15, 0.2) is 0 Å². The third kappa shape index (κ3) is 7.05. The van der Waals surface area contributed by atoms with Gasteiger partial charge in [-0.25, -0.2) is 9.98 Å². The Morgan fingerprint density at radius 2 is 0.836 bits per heavy atom. The quantitative estimate of drug-likeness (QED) is 0.0708. The smallest absolute Gasteiger partial charge is 0.872 e. The van der Waals surface area contributed by atoms with E-state index in [2.05, 4.69) is 15.0 Å². The first-order chi connectivity index (χ1) is 24.8. The number of aliphatic hydroxyl groups is 2. The summed E-state index contributed by atoms with van der Waals surface area (Å²) in [6.07, 6.45) is 0. The van der Waals surface area contributed by atoms with E-state index in [1.54, 1.807) is 121 Å². The third-order valence-corrected chi connectivity index (χ3v) is 9.43. The summed E-state index contributed by atoms with van der Waals surface area (Å²) < 4.78 is 0. The molecule has 8 aromatic carbocycles. The van der Waals surface area contributed by atoms with Crippen LogP contribution in [0, 0.1) is 0 Å². The van der Waals surface area contributed by atoms with Gasteiger partial charge < -0.3 is 35.6 Å². The van der Waals surface area contributed by atoms with Crippen molar-refractivity contribution < 1.29 is 149 Å². The van der Waals surface area contributed by atoms with Gasteiger partial charge in [-0.3, -0.25) is 0 Å². The molecular formula is C42H23N3Na4O6. The van der Waals surface area contributed by atoms with Crippen molar-refractivity contribution in [2.75, 3.05) is 0 Å². The van der Waals surface area contributed by atoms with Crippen LogP contribution in [0.4, 0.5) is 11.4 Å². The number of benzene rings is 8. The molecule has 0 bridgehead atoms. The average Bonchev–Trinajstić information content (AvgIpc) is 3.54. The number of aromatic amines is 1. The molecule has 9 rings (SSSR count). The maximum Gasteiger partial charge on any atom is 1.00 e. The molecule has 1 aromatic heterocycles. The second-order valence-corrected chi connectivity index (χ2v) is 12.3. The van der Waals surface area contributed by atoms with E-state index in [-0.39, 0.29) is 184 Å². The molecule has 3 N–H and O–H groups in total. The fraction of sp³-hybridized carbons (Fsp3) is 0. The number of aliphatic imine (C=N–C) groups is 2. The van der Waals surface area contributed by atoms with Crippen LogP contribution in [-0.2, 0) is 0 Å². The van der Waals surface area contributed by atoms with Crippen molar-refractivity contribution >= 4 is 88.1 Å². The second-order valence-electron chi connectivity index (χ2n) is 12.3. The zero-order valence-corrected chi connectivity index (χ0v) is 38.5. The Morgan fingerprint density at radius 3 is 1.44 bits per heavy atom. The Bertz CT molecular complexity index is 2990. The summed E-state index contributed by atoms with van der Waals surface area (Å²) in [6.45, 7) is 0. The Balaban J connectivity index is 0.00000145. The number of hydrogen-bond acceptors (Lipinski definition) is 6. The first-order valence-corrected chi connectivity index (χ1v) is 16.0. The maximum absolute atomic E-state index is 14.3. The van der Waals surface area contributed by atoms with Crippen LogP contribution in [0.3, 0.4) is 0 Å². The zero-order valence-electron chi connectivity index (χ0n) is 30.5. The number of nitrogens with one attached hydrogen (secondary N) is 1. The average molecular weight is 758 g/mol. The minimum absolute atomic E-state index is 0. The molecule has 9 nitrogen and oxygen atoms in total. The van der Waals surface area contributed by atoms with Crippen LogP contribution in [0.5, 0.6) is 23.0 Å². The fourth-order valence-electron chi connectivity index (χ4n) is 7.07. The van der Waals surface area contributed by atoms with E-state index in [0.29, 0.717) is 32.9 Å². The summed E-state index contributed by atoms with van der Waals surface area (Å²) in [5.74, 6) is -2.41. The van der Waals surface area contributed by atoms with Crippen LogP contribution in [0.25, 0.3) is 64.9 Å². The Morgan fingerprint density at radius 1 is 0.400 bits per heavy atom. The van der Waals surface area contributed by atoms with Gasteiger partial charge in [0.25, 0.3) is 0 Å². The van der Waals surface area contributed by atoms with E-state index in [1.807, 2.05) is 0 Å². The summed E-state index contributed by atoms with van der Waals surface area (Å²) in [6, 6.07) is 33.3. The predicted molar refractivity (Wildman–Crippen MR) is 194 cm³/mol. The molecular weight excluding hydrogens is 734 g/mol. The molecule has 9 aromatic rings. The summed E-state index contributed by atoms with van der Waals surface area (Å²) in [5, 5.41) is 80.5. The minimum Gasteiger partial charge on any atom is -0.872 e. The summed E-state index contributed by atoms with van der Waals surface area (Å²) in [5.41, 5.74) is 1.70. The molecule has 0 radical (unpaired) electrons. The predicted octanol–water partition coefficient (Wildman–Crippen LogP) is -4.48. The van der Waals surface area contributed by atoms with Crippen molar-refractivity contribution in [3.63, 3.8) is 0 Å². The van der Waals surface area contributed by atoms with Crippen LogP contribution in [0.15, 0.2) is 131 Å². The van der Waals surface area contributed by atoms with Crippen molar-refractivity contribution in [2.45, 2.75) is 0 Å². The summed E-state index contributed by atoms with van der Waals surface area (Å²) >= 11 is 0. The van der Waals surface area contributed by atoms with Crippen LogP contribution in [-0.4, -0.2) is 27.0 Å². The summed E-state index contributed by atoms with van der Waals surface area (Å²) in [7, 11) is 0. The van der Waals surface area contributed by atoms with Gasteiger partial charge in [0.2, 0.25) is 11.8 Å². The third-order valence-electron chi connectivity index (χ3n) is 9.43. The molecule has 0 aliphatic rings. The normalized spacial score (nSPS) is 11.7. The van der Waals surface area contributed by atoms with Gasteiger partial charge in [0.1, 0.15) is 0 Å². The Hall–Kier alpha value is -3.26. The molecule has 0 atom stereocenters. The van der Waals surface area contributed by atoms with Crippen molar-refractivity contribution in [3.8, 4) is 23.0 Å². The molecule has 246 valence electrons. The Kier molecular flexibility index (Phi) is 13.3. The van der Waals surface area contributed by atoms with Gasteiger partial charge in [-0.05, 0) is 68.7 Å². The molecule has 0 fully saturated rings. The van der Waals surface area contributed by atoms with Gasteiger partial charge in [-0.1, -0.05) is 108 Å². The molecule has 13 heteroatoms. The van der Waals surface area contributed by atoms with Gasteiger partial charge in [-0.15, -0.1) is 0 Å². The fourth-order valence-corrected chi connectivity index (χ4v) is 7.07. The molecule has 0 amide bonds. The van der Waals surface area contributed by atoms with Crippen molar-refractivity contribution in [3.05, 3.63) is 132 Å². The number of hydrogen-bond donors (Lipinski definition) is 3. The van der Waals surface area contributed by atoms with Gasteiger partial charge in [0.05, 0.1) is 22.4 Å². The number of H-pyrrole nitrogens is 1. The van der Waals surface area contributed by atoms with E-state index >= 15 is 0 Å². The molecule has 55 heavy (non-hydrogen) atoms. The number of fused-ring (bicyclic) bond motifs is 9. The van der Waals surface area contributed by atoms with E-state index in [1.165, 1.54) is 0 Å². The number of aromatic nitrogens is 1. The van der Waals surface area contributed by atoms with E-state index in [0.717, 1.165) is 0 Å². The maximum atomic E-state index is 14.3. The minimum atomic E-state index is -0.458. The molecule has 0 spiro atoms. The van der Waals surface area contributed by atoms with Gasteiger partial charge >= 0.3 is 118 Å². The van der Waals surface area contributed by atoms with Crippen LogP contribution < -0.4 is 139 Å². The van der Waals surface area contributed by atoms with E-state index in [9.17, 15) is 30.6 Å². The van der Waals surface area contributed by atoms with Crippen molar-refractivity contribution in [2.24, 2.45) is 9.98 Å². The first kappa shape index (κ1) is 42.9. The number of rotatable bonds is 4.